The van der Waals surface area contributed by atoms with E-state index in [9.17, 15) is 9.59 Å². The van der Waals surface area contributed by atoms with E-state index in [-0.39, 0.29) is 18.4 Å². The normalized spacial score (nSPS) is 19.2. The SMILES string of the molecule is O=C(O)CCCCCCNC(=O)C1CCCO1. The largest absolute Gasteiger partial charge is 0.481 e. The second kappa shape index (κ2) is 8.06. The molecule has 0 aromatic heterocycles. The highest BCUT2D eigenvalue weighted by Gasteiger charge is 2.22. The van der Waals surface area contributed by atoms with Crippen LogP contribution >= 0.6 is 0 Å². The Morgan fingerprint density at radius 3 is 2.65 bits per heavy atom. The third-order valence-corrected chi connectivity index (χ3v) is 2.84. The summed E-state index contributed by atoms with van der Waals surface area (Å²) in [4.78, 5) is 21.8. The molecule has 1 fully saturated rings. The summed E-state index contributed by atoms with van der Waals surface area (Å²) >= 11 is 0. The molecule has 1 saturated heterocycles. The number of hydrogen-bond donors (Lipinski definition) is 2. The molecule has 1 unspecified atom stereocenters. The maximum atomic E-state index is 11.5. The molecule has 1 atom stereocenters. The van der Waals surface area contributed by atoms with E-state index in [0.717, 1.165) is 38.5 Å². The lowest BCUT2D eigenvalue weighted by Crippen LogP contribution is -2.34. The van der Waals surface area contributed by atoms with Gasteiger partial charge in [-0.15, -0.1) is 0 Å². The van der Waals surface area contributed by atoms with Crippen LogP contribution in [0.4, 0.5) is 0 Å². The van der Waals surface area contributed by atoms with Crippen LogP contribution in [0, 0.1) is 0 Å². The van der Waals surface area contributed by atoms with Crippen LogP contribution in [0.3, 0.4) is 0 Å². The number of carboxylic acids is 1. The van der Waals surface area contributed by atoms with Crippen molar-refractivity contribution in [3.05, 3.63) is 0 Å². The number of hydrogen-bond acceptors (Lipinski definition) is 3. The van der Waals surface area contributed by atoms with Gasteiger partial charge in [-0.1, -0.05) is 12.8 Å². The van der Waals surface area contributed by atoms with Gasteiger partial charge in [-0.05, 0) is 25.7 Å². The summed E-state index contributed by atoms with van der Waals surface area (Å²) in [6.07, 6.45) is 5.26. The molecule has 1 aliphatic heterocycles. The Balaban J connectivity index is 1.89. The first-order valence-corrected chi connectivity index (χ1v) is 6.31. The minimum atomic E-state index is -0.739. The number of carbonyl (C=O) groups excluding carboxylic acids is 1. The highest BCUT2D eigenvalue weighted by Crippen LogP contribution is 2.11. The van der Waals surface area contributed by atoms with Gasteiger partial charge in [0.2, 0.25) is 5.91 Å². The van der Waals surface area contributed by atoms with Crippen LogP contribution in [0.1, 0.15) is 44.9 Å². The maximum absolute atomic E-state index is 11.5. The van der Waals surface area contributed by atoms with E-state index >= 15 is 0 Å². The Hall–Kier alpha value is -1.10. The monoisotopic (exact) mass is 243 g/mol. The van der Waals surface area contributed by atoms with Crippen LogP contribution < -0.4 is 5.32 Å². The Morgan fingerprint density at radius 2 is 2.00 bits per heavy atom. The van der Waals surface area contributed by atoms with Crippen LogP contribution in [-0.2, 0) is 14.3 Å². The summed E-state index contributed by atoms with van der Waals surface area (Å²) < 4.78 is 5.26. The molecule has 1 rings (SSSR count). The van der Waals surface area contributed by atoms with Gasteiger partial charge in [0.05, 0.1) is 0 Å². The van der Waals surface area contributed by atoms with Gasteiger partial charge in [-0.25, -0.2) is 0 Å². The molecule has 0 aromatic rings. The molecule has 0 spiro atoms. The van der Waals surface area contributed by atoms with Crippen molar-refractivity contribution in [1.29, 1.82) is 0 Å². The predicted molar refractivity (Wildman–Crippen MR) is 62.7 cm³/mol. The molecular formula is C12H21NO4. The first-order chi connectivity index (χ1) is 8.20. The van der Waals surface area contributed by atoms with Gasteiger partial charge in [-0.2, -0.15) is 0 Å². The minimum absolute atomic E-state index is 0.00645. The number of unbranched alkanes of at least 4 members (excludes halogenated alkanes) is 3. The third kappa shape index (κ3) is 6.26. The van der Waals surface area contributed by atoms with Gasteiger partial charge in [0.25, 0.3) is 0 Å². The lowest BCUT2D eigenvalue weighted by Gasteiger charge is -2.09. The maximum Gasteiger partial charge on any atom is 0.303 e. The molecule has 5 heteroatoms. The van der Waals surface area contributed by atoms with Gasteiger partial charge in [0.15, 0.2) is 0 Å². The van der Waals surface area contributed by atoms with Gasteiger partial charge in [-0.3, -0.25) is 9.59 Å². The molecule has 1 aliphatic rings. The summed E-state index contributed by atoms with van der Waals surface area (Å²) in [6.45, 7) is 1.35. The van der Waals surface area contributed by atoms with Gasteiger partial charge >= 0.3 is 5.97 Å². The summed E-state index contributed by atoms with van der Waals surface area (Å²) in [7, 11) is 0. The Labute approximate surface area is 102 Å². The summed E-state index contributed by atoms with van der Waals surface area (Å²) in [5, 5.41) is 11.3. The minimum Gasteiger partial charge on any atom is -0.481 e. The third-order valence-electron chi connectivity index (χ3n) is 2.84. The molecule has 1 amide bonds. The Kier molecular flexibility index (Phi) is 6.62. The quantitative estimate of drug-likeness (QED) is 0.630. The van der Waals surface area contributed by atoms with Gasteiger partial charge in [0, 0.05) is 19.6 Å². The molecule has 5 nitrogen and oxygen atoms in total. The number of carboxylic acid groups (broad SMARTS) is 1. The van der Waals surface area contributed by atoms with Crippen molar-refractivity contribution in [2.24, 2.45) is 0 Å². The van der Waals surface area contributed by atoms with Crippen LogP contribution in [0.25, 0.3) is 0 Å². The molecule has 0 radical (unpaired) electrons. The number of carbonyl (C=O) groups is 2. The van der Waals surface area contributed by atoms with Crippen LogP contribution in [0.2, 0.25) is 0 Å². The smallest absolute Gasteiger partial charge is 0.303 e. The first-order valence-electron chi connectivity index (χ1n) is 6.31. The summed E-state index contributed by atoms with van der Waals surface area (Å²) in [5.74, 6) is -0.746. The number of ether oxygens (including phenoxy) is 1. The lowest BCUT2D eigenvalue weighted by molar-refractivity contribution is -0.137. The standard InChI is InChI=1S/C12H21NO4/c14-11(15)7-3-1-2-4-8-13-12(16)10-6-5-9-17-10/h10H,1-9H2,(H,13,16)(H,14,15). The molecule has 2 N–H and O–H groups in total. The van der Waals surface area contributed by atoms with Crippen molar-refractivity contribution in [3.8, 4) is 0 Å². The topological polar surface area (TPSA) is 75.6 Å². The fourth-order valence-corrected chi connectivity index (χ4v) is 1.86. The van der Waals surface area contributed by atoms with E-state index in [2.05, 4.69) is 5.32 Å². The Bertz CT molecular complexity index is 249. The molecular weight excluding hydrogens is 222 g/mol. The molecule has 0 aliphatic carbocycles. The van der Waals surface area contributed by atoms with Crippen LogP contribution in [-0.4, -0.2) is 36.2 Å². The van der Waals surface area contributed by atoms with Crippen molar-refractivity contribution in [3.63, 3.8) is 0 Å². The number of nitrogens with one attached hydrogen (secondary N) is 1. The zero-order valence-electron chi connectivity index (χ0n) is 10.1. The fourth-order valence-electron chi connectivity index (χ4n) is 1.86. The van der Waals surface area contributed by atoms with Crippen molar-refractivity contribution >= 4 is 11.9 Å². The molecule has 0 aromatic carbocycles. The van der Waals surface area contributed by atoms with E-state index in [4.69, 9.17) is 9.84 Å². The van der Waals surface area contributed by atoms with Crippen molar-refractivity contribution in [2.45, 2.75) is 51.0 Å². The van der Waals surface area contributed by atoms with E-state index in [1.807, 2.05) is 0 Å². The number of rotatable bonds is 8. The molecule has 17 heavy (non-hydrogen) atoms. The van der Waals surface area contributed by atoms with Crippen molar-refractivity contribution in [1.82, 2.24) is 5.32 Å². The van der Waals surface area contributed by atoms with Crippen LogP contribution in [0.5, 0.6) is 0 Å². The van der Waals surface area contributed by atoms with E-state index < -0.39 is 5.97 Å². The average molecular weight is 243 g/mol. The second-order valence-corrected chi connectivity index (χ2v) is 4.35. The average Bonchev–Trinajstić information content (AvgIpc) is 2.80. The summed E-state index contributed by atoms with van der Waals surface area (Å²) in [6, 6.07) is 0. The summed E-state index contributed by atoms with van der Waals surface area (Å²) in [5.41, 5.74) is 0. The zero-order valence-corrected chi connectivity index (χ0v) is 10.1. The highest BCUT2D eigenvalue weighted by molar-refractivity contribution is 5.80. The molecule has 0 saturated carbocycles. The van der Waals surface area contributed by atoms with Crippen LogP contribution in [0.15, 0.2) is 0 Å². The lowest BCUT2D eigenvalue weighted by atomic mass is 10.1. The molecule has 98 valence electrons. The van der Waals surface area contributed by atoms with Crippen molar-refractivity contribution < 1.29 is 19.4 Å². The molecule has 0 bridgehead atoms. The van der Waals surface area contributed by atoms with E-state index in [1.165, 1.54) is 0 Å². The predicted octanol–water partition coefficient (Wildman–Crippen LogP) is 1.32. The van der Waals surface area contributed by atoms with Gasteiger partial charge < -0.3 is 15.2 Å². The first kappa shape index (κ1) is 14.0. The zero-order chi connectivity index (χ0) is 12.5. The number of amides is 1. The molecule has 1 heterocycles. The number of aliphatic carboxylic acids is 1. The van der Waals surface area contributed by atoms with E-state index in [0.29, 0.717) is 13.2 Å². The van der Waals surface area contributed by atoms with Crippen molar-refractivity contribution in [2.75, 3.05) is 13.2 Å². The highest BCUT2D eigenvalue weighted by atomic mass is 16.5. The van der Waals surface area contributed by atoms with Gasteiger partial charge in [0.1, 0.15) is 6.10 Å². The fraction of sp³-hybridized carbons (Fsp3) is 0.833. The second-order valence-electron chi connectivity index (χ2n) is 4.35. The Morgan fingerprint density at radius 1 is 1.24 bits per heavy atom. The van der Waals surface area contributed by atoms with E-state index in [1.54, 1.807) is 0 Å².